The van der Waals surface area contributed by atoms with Gasteiger partial charge in [-0.1, -0.05) is 24.3 Å². The van der Waals surface area contributed by atoms with E-state index in [0.717, 1.165) is 24.4 Å². The van der Waals surface area contributed by atoms with Crippen LogP contribution in [0, 0.1) is 5.82 Å². The molecule has 1 amide bonds. The van der Waals surface area contributed by atoms with Crippen molar-refractivity contribution in [3.8, 4) is 11.4 Å². The molecule has 2 heterocycles. The Balaban J connectivity index is 1.47. The molecule has 1 aliphatic rings. The molecular weight excluding hydrogens is 399 g/mol. The summed E-state index contributed by atoms with van der Waals surface area (Å²) in [6.07, 6.45) is 1.58. The molecule has 0 saturated carbocycles. The molecule has 4 rings (SSSR count). The molecule has 1 aliphatic heterocycles. The maximum absolute atomic E-state index is 14.0. The number of benzene rings is 2. The van der Waals surface area contributed by atoms with Crippen molar-refractivity contribution in [1.29, 1.82) is 0 Å². The van der Waals surface area contributed by atoms with Gasteiger partial charge in [0.05, 0.1) is 26.4 Å². The fourth-order valence-electron chi connectivity index (χ4n) is 3.67. The van der Waals surface area contributed by atoms with Crippen LogP contribution in [0.3, 0.4) is 0 Å². The second kappa shape index (κ2) is 9.72. The third-order valence-corrected chi connectivity index (χ3v) is 5.36. The van der Waals surface area contributed by atoms with E-state index in [4.69, 9.17) is 9.47 Å². The van der Waals surface area contributed by atoms with Crippen LogP contribution in [0.2, 0.25) is 0 Å². The number of carbonyl (C=O) groups is 1. The number of hydrogen-bond donors (Lipinski definition) is 1. The van der Waals surface area contributed by atoms with Gasteiger partial charge in [-0.05, 0) is 35.9 Å². The number of ether oxygens (including phenoxy) is 2. The number of aromatic nitrogens is 2. The largest absolute Gasteiger partial charge is 0.497 e. The number of morpholine rings is 1. The lowest BCUT2D eigenvalue weighted by molar-refractivity contribution is 0.0162. The van der Waals surface area contributed by atoms with E-state index in [1.165, 1.54) is 10.7 Å². The van der Waals surface area contributed by atoms with Crippen LogP contribution in [0.25, 0.3) is 5.69 Å². The van der Waals surface area contributed by atoms with Gasteiger partial charge < -0.3 is 14.8 Å². The molecule has 0 radical (unpaired) electrons. The summed E-state index contributed by atoms with van der Waals surface area (Å²) in [5.74, 6) is 0.0819. The molecule has 1 aromatic heterocycles. The Morgan fingerprint density at radius 3 is 2.61 bits per heavy atom. The highest BCUT2D eigenvalue weighted by Gasteiger charge is 2.24. The van der Waals surface area contributed by atoms with Crippen molar-refractivity contribution < 1.29 is 18.7 Å². The number of nitrogens with one attached hydrogen (secondary N) is 1. The molecule has 7 nitrogen and oxygen atoms in total. The number of amides is 1. The lowest BCUT2D eigenvalue weighted by Crippen LogP contribution is -2.43. The Morgan fingerprint density at radius 2 is 1.90 bits per heavy atom. The molecule has 1 atom stereocenters. The Kier molecular flexibility index (Phi) is 6.59. The third kappa shape index (κ3) is 4.92. The molecule has 1 saturated heterocycles. The van der Waals surface area contributed by atoms with Crippen LogP contribution in [0.15, 0.2) is 60.8 Å². The van der Waals surface area contributed by atoms with Gasteiger partial charge in [-0.25, -0.2) is 9.07 Å². The molecule has 1 N–H and O–H groups in total. The molecule has 1 unspecified atom stereocenters. The summed E-state index contributed by atoms with van der Waals surface area (Å²) in [7, 11) is 1.63. The molecule has 0 aliphatic carbocycles. The summed E-state index contributed by atoms with van der Waals surface area (Å²) in [6.45, 7) is 3.31. The van der Waals surface area contributed by atoms with Crippen molar-refractivity contribution >= 4 is 5.91 Å². The molecule has 162 valence electrons. The van der Waals surface area contributed by atoms with Crippen LogP contribution in [-0.4, -0.2) is 60.5 Å². The molecule has 1 fully saturated rings. The number of nitrogens with zero attached hydrogens (tertiary/aromatic N) is 3. The van der Waals surface area contributed by atoms with Gasteiger partial charge in [-0.2, -0.15) is 5.10 Å². The van der Waals surface area contributed by atoms with E-state index < -0.39 is 5.82 Å². The number of hydrogen-bond acceptors (Lipinski definition) is 5. The van der Waals surface area contributed by atoms with Gasteiger partial charge in [0.1, 0.15) is 17.3 Å². The van der Waals surface area contributed by atoms with E-state index in [9.17, 15) is 9.18 Å². The SMILES string of the molecule is COc1ccc(C(CNC(=O)c2ccn(-c3ccccc3F)n2)N2CCOCC2)cc1. The van der Waals surface area contributed by atoms with E-state index in [2.05, 4.69) is 15.3 Å². The summed E-state index contributed by atoms with van der Waals surface area (Å²) < 4.78 is 26.1. The first-order valence-electron chi connectivity index (χ1n) is 10.2. The van der Waals surface area contributed by atoms with Gasteiger partial charge in [0, 0.05) is 25.8 Å². The van der Waals surface area contributed by atoms with Crippen molar-refractivity contribution in [3.63, 3.8) is 0 Å². The average Bonchev–Trinajstić information content (AvgIpc) is 3.31. The fourth-order valence-corrected chi connectivity index (χ4v) is 3.67. The Bertz CT molecular complexity index is 1020. The molecule has 3 aromatic rings. The molecule has 8 heteroatoms. The first-order chi connectivity index (χ1) is 15.2. The highest BCUT2D eigenvalue weighted by atomic mass is 19.1. The second-order valence-corrected chi connectivity index (χ2v) is 7.24. The van der Waals surface area contributed by atoms with Crippen LogP contribution in [0.1, 0.15) is 22.1 Å². The summed E-state index contributed by atoms with van der Waals surface area (Å²) >= 11 is 0. The van der Waals surface area contributed by atoms with Gasteiger partial charge in [0.15, 0.2) is 5.69 Å². The van der Waals surface area contributed by atoms with E-state index >= 15 is 0 Å². The predicted octanol–water partition coefficient (Wildman–Crippen LogP) is 2.82. The summed E-state index contributed by atoms with van der Waals surface area (Å²) in [6, 6.07) is 15.7. The number of rotatable bonds is 7. The maximum Gasteiger partial charge on any atom is 0.271 e. The van der Waals surface area contributed by atoms with E-state index in [0.29, 0.717) is 25.4 Å². The lowest BCUT2D eigenvalue weighted by Gasteiger charge is -2.35. The highest BCUT2D eigenvalue weighted by molar-refractivity contribution is 5.92. The molecular formula is C23H25FN4O3. The number of para-hydroxylation sites is 1. The zero-order valence-corrected chi connectivity index (χ0v) is 17.3. The zero-order valence-electron chi connectivity index (χ0n) is 17.3. The summed E-state index contributed by atoms with van der Waals surface area (Å²) in [4.78, 5) is 15.0. The Morgan fingerprint density at radius 1 is 1.16 bits per heavy atom. The summed E-state index contributed by atoms with van der Waals surface area (Å²) in [5.41, 5.74) is 1.62. The Hall–Kier alpha value is -3.23. The van der Waals surface area contributed by atoms with E-state index in [-0.39, 0.29) is 17.6 Å². The summed E-state index contributed by atoms with van der Waals surface area (Å²) in [5, 5.41) is 7.22. The third-order valence-electron chi connectivity index (χ3n) is 5.36. The van der Waals surface area contributed by atoms with Gasteiger partial charge in [-0.15, -0.1) is 0 Å². The smallest absolute Gasteiger partial charge is 0.271 e. The predicted molar refractivity (Wildman–Crippen MR) is 114 cm³/mol. The fraction of sp³-hybridized carbons (Fsp3) is 0.304. The first-order valence-corrected chi connectivity index (χ1v) is 10.2. The minimum Gasteiger partial charge on any atom is -0.497 e. The highest BCUT2D eigenvalue weighted by Crippen LogP contribution is 2.24. The molecule has 31 heavy (non-hydrogen) atoms. The molecule has 0 spiro atoms. The quantitative estimate of drug-likeness (QED) is 0.632. The van der Waals surface area contributed by atoms with Crippen molar-refractivity contribution in [2.24, 2.45) is 0 Å². The molecule has 0 bridgehead atoms. The Labute approximate surface area is 180 Å². The minimum absolute atomic E-state index is 0.00703. The second-order valence-electron chi connectivity index (χ2n) is 7.24. The van der Waals surface area contributed by atoms with Crippen molar-refractivity contribution in [2.75, 3.05) is 40.0 Å². The topological polar surface area (TPSA) is 68.6 Å². The number of carbonyl (C=O) groups excluding carboxylic acids is 1. The van der Waals surface area contributed by atoms with E-state index in [1.807, 2.05) is 24.3 Å². The van der Waals surface area contributed by atoms with Crippen molar-refractivity contribution in [1.82, 2.24) is 20.0 Å². The van der Waals surface area contributed by atoms with Crippen LogP contribution < -0.4 is 10.1 Å². The monoisotopic (exact) mass is 424 g/mol. The van der Waals surface area contributed by atoms with Crippen LogP contribution in [0.4, 0.5) is 4.39 Å². The lowest BCUT2D eigenvalue weighted by atomic mass is 10.0. The first kappa shape index (κ1) is 21.0. The van der Waals surface area contributed by atoms with E-state index in [1.54, 1.807) is 37.6 Å². The van der Waals surface area contributed by atoms with Crippen LogP contribution in [-0.2, 0) is 4.74 Å². The zero-order chi connectivity index (χ0) is 21.6. The normalized spacial score (nSPS) is 15.4. The van der Waals surface area contributed by atoms with Crippen molar-refractivity contribution in [3.05, 3.63) is 77.9 Å². The van der Waals surface area contributed by atoms with Gasteiger partial charge in [-0.3, -0.25) is 9.69 Å². The maximum atomic E-state index is 14.0. The van der Waals surface area contributed by atoms with Crippen LogP contribution in [0.5, 0.6) is 5.75 Å². The van der Waals surface area contributed by atoms with Crippen molar-refractivity contribution in [2.45, 2.75) is 6.04 Å². The van der Waals surface area contributed by atoms with Gasteiger partial charge >= 0.3 is 0 Å². The van der Waals surface area contributed by atoms with Gasteiger partial charge in [0.25, 0.3) is 5.91 Å². The number of halogens is 1. The van der Waals surface area contributed by atoms with Crippen LogP contribution >= 0.6 is 0 Å². The standard InChI is InChI=1S/C23H25FN4O3/c1-30-18-8-6-17(7-9-18)22(27-12-14-31-15-13-27)16-25-23(29)20-10-11-28(26-20)21-5-3-2-4-19(21)24/h2-11,22H,12-16H2,1H3,(H,25,29). The average molecular weight is 424 g/mol. The van der Waals surface area contributed by atoms with Gasteiger partial charge in [0.2, 0.25) is 0 Å². The minimum atomic E-state index is -0.399. The molecule has 2 aromatic carbocycles. The number of methoxy groups -OCH3 is 1.